The summed E-state index contributed by atoms with van der Waals surface area (Å²) in [5.41, 5.74) is -0.394. The lowest BCUT2D eigenvalue weighted by Crippen LogP contribution is -2.33. The van der Waals surface area contributed by atoms with Crippen molar-refractivity contribution >= 4 is 95.2 Å². The largest absolute Gasteiger partial charge is 0.748 e. The number of hydrogen-bond acceptors (Lipinski definition) is 26. The molecule has 0 fully saturated rings. The van der Waals surface area contributed by atoms with E-state index in [9.17, 15) is 70.2 Å². The van der Waals surface area contributed by atoms with E-state index in [4.69, 9.17) is 51.9 Å². The Labute approximate surface area is 560 Å². The van der Waals surface area contributed by atoms with Gasteiger partial charge in [-0.15, -0.1) is 8.42 Å². The molecule has 4 aromatic carbocycles. The van der Waals surface area contributed by atoms with Crippen LogP contribution in [-0.4, -0.2) is 238 Å². The van der Waals surface area contributed by atoms with E-state index in [-0.39, 0.29) is 125 Å². The molecule has 2 aliphatic rings. The number of methoxy groups -OCH3 is 2. The van der Waals surface area contributed by atoms with Crippen molar-refractivity contribution in [3.05, 3.63) is 95.7 Å². The highest BCUT2D eigenvalue weighted by Crippen LogP contribution is 2.54. The van der Waals surface area contributed by atoms with Crippen molar-refractivity contribution in [1.29, 1.82) is 0 Å². The molecule has 0 amide bonds. The second-order valence-corrected chi connectivity index (χ2v) is 29.7. The van der Waals surface area contributed by atoms with Gasteiger partial charge in [0.2, 0.25) is 5.69 Å². The van der Waals surface area contributed by atoms with Gasteiger partial charge < -0.3 is 80.1 Å². The van der Waals surface area contributed by atoms with Crippen LogP contribution in [0.5, 0.6) is 0 Å². The van der Waals surface area contributed by atoms with Crippen LogP contribution < -0.4 is 4.90 Å². The first kappa shape index (κ1) is 79.7. The maximum atomic E-state index is 13.1. The molecule has 29 nitrogen and oxygen atoms in total. The van der Waals surface area contributed by atoms with Crippen molar-refractivity contribution in [3.63, 3.8) is 0 Å². The van der Waals surface area contributed by atoms with Gasteiger partial charge in [-0.25, -0.2) is 33.7 Å². The van der Waals surface area contributed by atoms with E-state index in [1.807, 2.05) is 4.90 Å². The Hall–Kier alpha value is -5.29. The van der Waals surface area contributed by atoms with Crippen molar-refractivity contribution in [2.24, 2.45) is 0 Å². The number of carboxylic acids is 1. The van der Waals surface area contributed by atoms with E-state index in [2.05, 4.69) is 0 Å². The quantitative estimate of drug-likeness (QED) is 0.0214. The molecule has 0 saturated heterocycles. The minimum absolute atomic E-state index is 0.000935. The highest BCUT2D eigenvalue weighted by molar-refractivity contribution is 7.87. The molecule has 536 valence electrons. The molecular weight excluding hydrogens is 1370 g/mol. The smallest absolute Gasteiger partial charge is 0.409 e. The Morgan fingerprint density at radius 3 is 1.50 bits per heavy atom. The van der Waals surface area contributed by atoms with E-state index in [1.54, 1.807) is 69.1 Å². The van der Waals surface area contributed by atoms with Gasteiger partial charge in [-0.2, -0.15) is 4.58 Å². The summed E-state index contributed by atoms with van der Waals surface area (Å²) in [7, 11) is -22.8. The van der Waals surface area contributed by atoms with Gasteiger partial charge in [0, 0.05) is 79.4 Å². The molecule has 2 atom stereocenters. The third-order valence-electron chi connectivity index (χ3n) is 16.0. The minimum atomic E-state index is -5.41. The number of benzene rings is 4. The lowest BCUT2D eigenvalue weighted by atomic mass is 9.74. The van der Waals surface area contributed by atoms with Crippen LogP contribution in [0.1, 0.15) is 69.9 Å². The highest BCUT2D eigenvalue weighted by atomic mass is 32.2. The van der Waals surface area contributed by atoms with Gasteiger partial charge in [-0.05, 0) is 110 Å². The van der Waals surface area contributed by atoms with Crippen molar-refractivity contribution < 1.29 is 127 Å². The van der Waals surface area contributed by atoms with Gasteiger partial charge in [0.25, 0.3) is 0 Å². The molecule has 3 N–H and O–H groups in total. The molecule has 2 unspecified atom stereocenters. The first-order valence-electron chi connectivity index (χ1n) is 30.7. The Morgan fingerprint density at radius 2 is 1.01 bits per heavy atom. The fraction of sp³-hybridized carbons (Fsp3) is 0.548. The first-order chi connectivity index (χ1) is 45.4. The summed E-state index contributed by atoms with van der Waals surface area (Å²) < 4.78 is 243. The summed E-state index contributed by atoms with van der Waals surface area (Å²) in [6.07, 6.45) is 8.99. The number of ether oxygens (including phenoxy) is 10. The second kappa shape index (κ2) is 36.7. The van der Waals surface area contributed by atoms with Gasteiger partial charge in [0.05, 0.1) is 136 Å². The number of unbranched alkanes of at least 4 members (excludes halogenated alkanes) is 2. The number of carbonyl (C=O) groups is 1. The van der Waals surface area contributed by atoms with Crippen molar-refractivity contribution in [3.8, 4) is 0 Å². The number of allylic oxidation sites excluding steroid dienone is 6. The van der Waals surface area contributed by atoms with E-state index in [0.29, 0.717) is 119 Å². The topological polar surface area (TPSA) is 422 Å². The Balaban J connectivity index is 1.43. The van der Waals surface area contributed by atoms with Crippen LogP contribution in [-0.2, 0) is 114 Å². The molecule has 0 aromatic heterocycles. The van der Waals surface area contributed by atoms with Gasteiger partial charge in [0.1, 0.15) is 37.0 Å². The molecule has 0 spiro atoms. The lowest BCUT2D eigenvalue weighted by molar-refractivity contribution is -0.442. The van der Waals surface area contributed by atoms with E-state index >= 15 is 0 Å². The summed E-state index contributed by atoms with van der Waals surface area (Å²) in [6, 6.07) is 8.96. The zero-order valence-corrected chi connectivity index (χ0v) is 58.0. The summed E-state index contributed by atoms with van der Waals surface area (Å²) in [5.74, 6) is -1.84. The predicted molar refractivity (Wildman–Crippen MR) is 346 cm³/mol. The minimum Gasteiger partial charge on any atom is -0.748 e. The molecule has 2 aliphatic heterocycles. The first-order valence-corrected chi connectivity index (χ1v) is 38.0. The number of aliphatic carboxylic acids is 1. The van der Waals surface area contributed by atoms with Gasteiger partial charge in [-0.1, -0.05) is 30.7 Å². The van der Waals surface area contributed by atoms with Gasteiger partial charge in [0.15, 0.2) is 17.2 Å². The van der Waals surface area contributed by atoms with Crippen LogP contribution in [0, 0.1) is 0 Å². The van der Waals surface area contributed by atoms with Crippen LogP contribution in [0.25, 0.3) is 21.5 Å². The van der Waals surface area contributed by atoms with Gasteiger partial charge >= 0.3 is 16.1 Å². The molecule has 0 radical (unpaired) electrons. The fourth-order valence-electron chi connectivity index (χ4n) is 11.6. The Morgan fingerprint density at radius 1 is 0.531 bits per heavy atom. The average Bonchev–Trinajstić information content (AvgIpc) is 1.53. The fourth-order valence-corrected chi connectivity index (χ4v) is 14.8. The average molecular weight is 1450 g/mol. The van der Waals surface area contributed by atoms with Crippen LogP contribution in [0.2, 0.25) is 0 Å². The molecule has 34 heteroatoms. The third-order valence-corrected chi connectivity index (χ3v) is 20.2. The Kier molecular flexibility index (Phi) is 30.5. The monoisotopic (exact) mass is 1450 g/mol. The van der Waals surface area contributed by atoms with Crippen LogP contribution in [0.15, 0.2) is 104 Å². The normalized spacial score (nSPS) is 17.6. The predicted octanol–water partition coefficient (Wildman–Crippen LogP) is 4.04. The van der Waals surface area contributed by atoms with E-state index in [0.717, 1.165) is 12.1 Å². The second-order valence-electron chi connectivity index (χ2n) is 22.7. The van der Waals surface area contributed by atoms with E-state index < -0.39 is 92.7 Å². The van der Waals surface area contributed by atoms with Crippen molar-refractivity contribution in [2.75, 3.05) is 157 Å². The molecule has 2 heterocycles. The standard InChI is InChI=1S/C62H86N2O27S5/c1-61(19-11-41-92(67,68)69)56(64(22-24-85-30-32-89-37-38-91-40-39-90-36-34-87-28-26-83-4)53-18-16-48-50(59(53)61)42-46(93(70,71)72)44-54(48)95(76,77)78)12-7-5-8-13-57-62(2,20-23-84-29-31-88-35-33-86-27-25-82-3)60-51-43-47(94(73,74)75)45-55(96(79,80)81)49(51)15-17-52(60)63(57)21-10-6-9-14-58(65)66/h5,7-8,12-13,15-18,42-45H,6,9-11,14,19-41H2,1-4H3,(H5-,65,66,67,68,69,70,71,72,73,74,75,76,77,78,79,80,81)/p-2. The number of carboxylic acid groups (broad SMARTS) is 1. The molecule has 0 saturated carbocycles. The number of fused-ring (bicyclic) bond motifs is 6. The van der Waals surface area contributed by atoms with Crippen LogP contribution in [0.4, 0.5) is 11.4 Å². The van der Waals surface area contributed by atoms with Gasteiger partial charge in [-0.3, -0.25) is 4.79 Å². The summed E-state index contributed by atoms with van der Waals surface area (Å²) >= 11 is 0. The third kappa shape index (κ3) is 22.6. The number of nitrogens with zero attached hydrogens (tertiary/aromatic N) is 2. The zero-order chi connectivity index (χ0) is 70.4. The zero-order valence-electron chi connectivity index (χ0n) is 53.9. The molecule has 0 aliphatic carbocycles. The maximum absolute atomic E-state index is 13.1. The number of anilines is 1. The molecule has 96 heavy (non-hydrogen) atoms. The number of rotatable bonds is 47. The van der Waals surface area contributed by atoms with E-state index in [1.165, 1.54) is 18.2 Å². The molecule has 4 aromatic rings. The summed E-state index contributed by atoms with van der Waals surface area (Å²) in [6.45, 7) is 8.49. The SMILES string of the molecule is COCCOCCOCCOCCOCCOCC[N+]1=C(/C=C/C=C/C=C2/N(CCCCCC(=O)O)c3ccc4c(S(=O)(=O)[O-])cc(S(=O)(=O)[O-])cc4c3C2(C)CCOCCOCCOCCOC)C(C)(CCCS(=O)(=O)[O-])c2c1ccc1c(S(=O)(=O)[OH2+])cc(S(=O)(=O)[O-])cc21. The lowest BCUT2D eigenvalue weighted by Gasteiger charge is -2.31. The highest BCUT2D eigenvalue weighted by Gasteiger charge is 2.49. The number of hydrogen-bond donors (Lipinski definition) is 1. The van der Waals surface area contributed by atoms with Crippen LogP contribution in [0.3, 0.4) is 0 Å². The molecular formula is C62H84N2O27S5-2. The van der Waals surface area contributed by atoms with Crippen molar-refractivity contribution in [1.82, 2.24) is 0 Å². The van der Waals surface area contributed by atoms with Crippen LogP contribution >= 0.6 is 0 Å². The maximum Gasteiger partial charge on any atom is 0.409 e. The summed E-state index contributed by atoms with van der Waals surface area (Å²) in [5, 5.41) is 9.05. The molecule has 0 bridgehead atoms. The summed E-state index contributed by atoms with van der Waals surface area (Å²) in [4.78, 5) is 9.76. The Bertz CT molecular complexity index is 4030. The molecule has 6 rings (SSSR count). The van der Waals surface area contributed by atoms with Crippen molar-refractivity contribution in [2.45, 2.75) is 89.2 Å².